The maximum absolute atomic E-state index is 12.6. The average Bonchev–Trinajstić information content (AvgIpc) is 3.15. The molecular formula is C18H23N3O2. The molecule has 1 aromatic carbocycles. The van der Waals surface area contributed by atoms with Gasteiger partial charge in [0.15, 0.2) is 0 Å². The Hall–Kier alpha value is -2.14. The quantitative estimate of drug-likeness (QED) is 0.852. The van der Waals surface area contributed by atoms with Crippen molar-refractivity contribution < 1.29 is 9.53 Å². The third-order valence-electron chi connectivity index (χ3n) is 4.35. The summed E-state index contributed by atoms with van der Waals surface area (Å²) in [6.45, 7) is 3.84. The standard InChI is InChI=1S/C18H23N3O2/c1-15(23-13-16-6-3-2-4-7-16)18(22)20-10-5-8-17(12-20)21-11-9-19-14-21/h2-4,6-7,9,11,14-15,17H,5,8,10,12-13H2,1H3/t15-,17-/m1/s1. The second-order valence-corrected chi connectivity index (χ2v) is 6.03. The maximum Gasteiger partial charge on any atom is 0.251 e. The number of nitrogens with zero attached hydrogens (tertiary/aromatic N) is 3. The Morgan fingerprint density at radius 1 is 1.39 bits per heavy atom. The largest absolute Gasteiger partial charge is 0.364 e. The number of piperidine rings is 1. The van der Waals surface area contributed by atoms with Crippen molar-refractivity contribution in [1.29, 1.82) is 0 Å². The first-order valence-corrected chi connectivity index (χ1v) is 8.16. The van der Waals surface area contributed by atoms with E-state index in [9.17, 15) is 4.79 Å². The number of carbonyl (C=O) groups is 1. The predicted octanol–water partition coefficient (Wildman–Crippen LogP) is 2.65. The highest BCUT2D eigenvalue weighted by Gasteiger charge is 2.27. The summed E-state index contributed by atoms with van der Waals surface area (Å²) < 4.78 is 7.85. The van der Waals surface area contributed by atoms with Crippen LogP contribution in [-0.4, -0.2) is 39.6 Å². The molecule has 0 spiro atoms. The lowest BCUT2D eigenvalue weighted by Crippen LogP contribution is -2.45. The zero-order chi connectivity index (χ0) is 16.1. The molecule has 3 rings (SSSR count). The van der Waals surface area contributed by atoms with Crippen LogP contribution in [0.3, 0.4) is 0 Å². The number of hydrogen-bond acceptors (Lipinski definition) is 3. The smallest absolute Gasteiger partial charge is 0.251 e. The van der Waals surface area contributed by atoms with Crippen LogP contribution in [0.15, 0.2) is 49.1 Å². The molecule has 0 bridgehead atoms. The Kier molecular flexibility index (Phi) is 5.08. The molecule has 0 unspecified atom stereocenters. The van der Waals surface area contributed by atoms with Gasteiger partial charge in [0.05, 0.1) is 19.0 Å². The molecule has 122 valence electrons. The number of imidazole rings is 1. The molecule has 1 amide bonds. The number of amides is 1. The Morgan fingerprint density at radius 3 is 2.96 bits per heavy atom. The first-order valence-electron chi connectivity index (χ1n) is 8.16. The monoisotopic (exact) mass is 313 g/mol. The lowest BCUT2D eigenvalue weighted by atomic mass is 10.0. The highest BCUT2D eigenvalue weighted by atomic mass is 16.5. The molecule has 5 nitrogen and oxygen atoms in total. The summed E-state index contributed by atoms with van der Waals surface area (Å²) in [5.74, 6) is 0.0748. The molecule has 1 fully saturated rings. The van der Waals surface area contributed by atoms with Crippen LogP contribution in [0.4, 0.5) is 0 Å². The number of likely N-dealkylation sites (tertiary alicyclic amines) is 1. The van der Waals surface area contributed by atoms with E-state index < -0.39 is 6.10 Å². The highest BCUT2D eigenvalue weighted by molar-refractivity contribution is 5.80. The molecule has 2 aromatic rings. The molecule has 1 aliphatic heterocycles. The van der Waals surface area contributed by atoms with Crippen LogP contribution in [0.5, 0.6) is 0 Å². The van der Waals surface area contributed by atoms with Crippen molar-refractivity contribution in [3.8, 4) is 0 Å². The van der Waals surface area contributed by atoms with Gasteiger partial charge in [-0.1, -0.05) is 30.3 Å². The molecule has 0 radical (unpaired) electrons. The van der Waals surface area contributed by atoms with Crippen molar-refractivity contribution in [3.05, 3.63) is 54.6 Å². The fraction of sp³-hybridized carbons (Fsp3) is 0.444. The van der Waals surface area contributed by atoms with Crippen LogP contribution in [0, 0.1) is 0 Å². The second kappa shape index (κ2) is 7.42. The Labute approximate surface area is 136 Å². The van der Waals surface area contributed by atoms with Gasteiger partial charge < -0.3 is 14.2 Å². The third kappa shape index (κ3) is 3.99. The Morgan fingerprint density at radius 2 is 2.22 bits per heavy atom. The van der Waals surface area contributed by atoms with E-state index >= 15 is 0 Å². The fourth-order valence-corrected chi connectivity index (χ4v) is 3.01. The minimum atomic E-state index is -0.420. The molecule has 1 aliphatic rings. The van der Waals surface area contributed by atoms with Gasteiger partial charge in [-0.25, -0.2) is 4.98 Å². The normalized spacial score (nSPS) is 19.5. The number of ether oxygens (including phenoxy) is 1. The first-order chi connectivity index (χ1) is 11.2. The fourth-order valence-electron chi connectivity index (χ4n) is 3.01. The summed E-state index contributed by atoms with van der Waals surface area (Å²) in [6, 6.07) is 10.3. The first kappa shape index (κ1) is 15.7. The molecule has 0 saturated carbocycles. The van der Waals surface area contributed by atoms with Crippen LogP contribution in [0.1, 0.15) is 31.4 Å². The van der Waals surface area contributed by atoms with Gasteiger partial charge in [-0.3, -0.25) is 4.79 Å². The van der Waals surface area contributed by atoms with E-state index in [4.69, 9.17) is 4.74 Å². The van der Waals surface area contributed by atoms with Gasteiger partial charge in [0, 0.05) is 25.5 Å². The van der Waals surface area contributed by atoms with Crippen molar-refractivity contribution in [2.75, 3.05) is 13.1 Å². The van der Waals surface area contributed by atoms with Crippen molar-refractivity contribution in [2.24, 2.45) is 0 Å². The second-order valence-electron chi connectivity index (χ2n) is 6.03. The summed E-state index contributed by atoms with van der Waals surface area (Å²) >= 11 is 0. The van der Waals surface area contributed by atoms with E-state index in [1.165, 1.54) is 0 Å². The van der Waals surface area contributed by atoms with E-state index in [1.807, 2.05) is 54.7 Å². The molecular weight excluding hydrogens is 290 g/mol. The summed E-state index contributed by atoms with van der Waals surface area (Å²) in [6.07, 6.45) is 7.25. The topological polar surface area (TPSA) is 47.4 Å². The molecule has 1 saturated heterocycles. The maximum atomic E-state index is 12.6. The van der Waals surface area contributed by atoms with Gasteiger partial charge in [-0.05, 0) is 25.3 Å². The van der Waals surface area contributed by atoms with Gasteiger partial charge in [-0.2, -0.15) is 0 Å². The van der Waals surface area contributed by atoms with Gasteiger partial charge >= 0.3 is 0 Å². The van der Waals surface area contributed by atoms with Crippen molar-refractivity contribution in [2.45, 2.75) is 38.5 Å². The number of aromatic nitrogens is 2. The van der Waals surface area contributed by atoms with Crippen LogP contribution >= 0.6 is 0 Å². The van der Waals surface area contributed by atoms with E-state index in [2.05, 4.69) is 9.55 Å². The number of carbonyl (C=O) groups excluding carboxylic acids is 1. The SMILES string of the molecule is C[C@@H](OCc1ccccc1)C(=O)N1CCC[C@@H](n2ccnc2)C1. The molecule has 0 N–H and O–H groups in total. The van der Waals surface area contributed by atoms with Gasteiger partial charge in [-0.15, -0.1) is 0 Å². The van der Waals surface area contributed by atoms with Crippen LogP contribution in [0.2, 0.25) is 0 Å². The van der Waals surface area contributed by atoms with E-state index in [0.29, 0.717) is 12.6 Å². The molecule has 0 aliphatic carbocycles. The molecule has 23 heavy (non-hydrogen) atoms. The summed E-state index contributed by atoms with van der Waals surface area (Å²) in [5.41, 5.74) is 1.09. The summed E-state index contributed by atoms with van der Waals surface area (Å²) in [4.78, 5) is 18.6. The minimum absolute atomic E-state index is 0.0748. The number of hydrogen-bond donors (Lipinski definition) is 0. The van der Waals surface area contributed by atoms with E-state index in [-0.39, 0.29) is 5.91 Å². The minimum Gasteiger partial charge on any atom is -0.364 e. The molecule has 2 heterocycles. The van der Waals surface area contributed by atoms with Crippen LogP contribution < -0.4 is 0 Å². The van der Waals surface area contributed by atoms with Crippen LogP contribution in [-0.2, 0) is 16.1 Å². The lowest BCUT2D eigenvalue weighted by Gasteiger charge is -2.34. The Bertz CT molecular complexity index is 612. The zero-order valence-electron chi connectivity index (χ0n) is 13.5. The highest BCUT2D eigenvalue weighted by Crippen LogP contribution is 2.22. The van der Waals surface area contributed by atoms with Gasteiger partial charge in [0.25, 0.3) is 5.91 Å². The van der Waals surface area contributed by atoms with Gasteiger partial charge in [0.2, 0.25) is 0 Å². The molecule has 1 aromatic heterocycles. The van der Waals surface area contributed by atoms with E-state index in [0.717, 1.165) is 31.5 Å². The summed E-state index contributed by atoms with van der Waals surface area (Å²) in [5, 5.41) is 0. The Balaban J connectivity index is 1.54. The predicted molar refractivity (Wildman–Crippen MR) is 87.8 cm³/mol. The molecule has 5 heteroatoms. The average molecular weight is 313 g/mol. The van der Waals surface area contributed by atoms with E-state index in [1.54, 1.807) is 6.20 Å². The number of rotatable bonds is 5. The van der Waals surface area contributed by atoms with Crippen LogP contribution in [0.25, 0.3) is 0 Å². The van der Waals surface area contributed by atoms with Gasteiger partial charge in [0.1, 0.15) is 6.10 Å². The third-order valence-corrected chi connectivity index (χ3v) is 4.35. The van der Waals surface area contributed by atoms with Crippen molar-refractivity contribution in [1.82, 2.24) is 14.5 Å². The van der Waals surface area contributed by atoms with Crippen molar-refractivity contribution in [3.63, 3.8) is 0 Å². The molecule has 2 atom stereocenters. The summed E-state index contributed by atoms with van der Waals surface area (Å²) in [7, 11) is 0. The van der Waals surface area contributed by atoms with Crippen molar-refractivity contribution >= 4 is 5.91 Å². The zero-order valence-corrected chi connectivity index (χ0v) is 13.5. The number of benzene rings is 1. The lowest BCUT2D eigenvalue weighted by molar-refractivity contribution is -0.145.